The molecule has 0 spiro atoms. The monoisotopic (exact) mass is 382 g/mol. The van der Waals surface area contributed by atoms with E-state index in [4.69, 9.17) is 11.6 Å². The van der Waals surface area contributed by atoms with Crippen molar-refractivity contribution < 1.29 is 0 Å². The first-order valence-electron chi connectivity index (χ1n) is 6.28. The van der Waals surface area contributed by atoms with Crippen molar-refractivity contribution in [2.24, 2.45) is 0 Å². The van der Waals surface area contributed by atoms with Crippen LogP contribution in [0.4, 0.5) is 0 Å². The van der Waals surface area contributed by atoms with Crippen LogP contribution >= 0.6 is 39.3 Å². The summed E-state index contributed by atoms with van der Waals surface area (Å²) in [6.07, 6.45) is 2.03. The average molecular weight is 384 g/mol. The molecule has 108 valence electrons. The molecule has 3 aromatic rings. The highest BCUT2D eigenvalue weighted by Gasteiger charge is 2.18. The second kappa shape index (κ2) is 5.91. The van der Waals surface area contributed by atoms with E-state index in [0.29, 0.717) is 0 Å². The number of aromatic amines is 2. The highest BCUT2D eigenvalue weighted by molar-refractivity contribution is 9.10. The lowest BCUT2D eigenvalue weighted by atomic mass is 10.0. The molecule has 0 bridgehead atoms. The van der Waals surface area contributed by atoms with Crippen LogP contribution in [-0.4, -0.2) is 16.2 Å². The summed E-state index contributed by atoms with van der Waals surface area (Å²) in [5.41, 5.74) is 3.29. The summed E-state index contributed by atoms with van der Waals surface area (Å²) in [5.74, 6) is 0. The summed E-state index contributed by atoms with van der Waals surface area (Å²) in [4.78, 5) is 18.0. The van der Waals surface area contributed by atoms with Crippen molar-refractivity contribution in [3.63, 3.8) is 0 Å². The van der Waals surface area contributed by atoms with Gasteiger partial charge in [-0.1, -0.05) is 34.1 Å². The molecule has 2 aromatic carbocycles. The van der Waals surface area contributed by atoms with Gasteiger partial charge in [0.15, 0.2) is 0 Å². The SMILES string of the molecule is CSc1ccccc1C(Cl)c1cc2[nH]c(=O)[nH]c2cc1Br. The fraction of sp³-hybridized carbons (Fsp3) is 0.133. The van der Waals surface area contributed by atoms with Gasteiger partial charge < -0.3 is 9.97 Å². The molecule has 0 saturated carbocycles. The maximum Gasteiger partial charge on any atom is 0.323 e. The van der Waals surface area contributed by atoms with Crippen LogP contribution in [0.15, 0.2) is 50.6 Å². The number of halogens is 2. The molecule has 1 unspecified atom stereocenters. The Morgan fingerprint density at radius 1 is 1.14 bits per heavy atom. The van der Waals surface area contributed by atoms with E-state index in [1.165, 1.54) is 0 Å². The van der Waals surface area contributed by atoms with Crippen LogP contribution in [0.5, 0.6) is 0 Å². The number of hydrogen-bond donors (Lipinski definition) is 2. The number of rotatable bonds is 3. The molecular weight excluding hydrogens is 372 g/mol. The molecule has 0 aliphatic heterocycles. The van der Waals surface area contributed by atoms with Gasteiger partial charge in [0.1, 0.15) is 0 Å². The molecule has 6 heteroatoms. The Kier molecular flexibility index (Phi) is 4.15. The fourth-order valence-corrected chi connectivity index (χ4v) is 4.09. The second-order valence-corrected chi connectivity index (χ2v) is 6.74. The van der Waals surface area contributed by atoms with Gasteiger partial charge in [0.05, 0.1) is 16.4 Å². The first kappa shape index (κ1) is 14.8. The Hall–Kier alpha value is -1.17. The van der Waals surface area contributed by atoms with E-state index in [9.17, 15) is 4.79 Å². The lowest BCUT2D eigenvalue weighted by Gasteiger charge is -2.15. The predicted octanol–water partition coefficient (Wildman–Crippen LogP) is 4.67. The lowest BCUT2D eigenvalue weighted by molar-refractivity contribution is 1.08. The van der Waals surface area contributed by atoms with Crippen molar-refractivity contribution in [1.29, 1.82) is 0 Å². The minimum atomic E-state index is -0.286. The number of hydrogen-bond acceptors (Lipinski definition) is 2. The van der Waals surface area contributed by atoms with Crippen molar-refractivity contribution in [2.75, 3.05) is 6.26 Å². The number of thioether (sulfide) groups is 1. The predicted molar refractivity (Wildman–Crippen MR) is 92.5 cm³/mol. The topological polar surface area (TPSA) is 48.6 Å². The molecule has 0 aliphatic rings. The van der Waals surface area contributed by atoms with Crippen molar-refractivity contribution in [1.82, 2.24) is 9.97 Å². The van der Waals surface area contributed by atoms with Crippen molar-refractivity contribution in [2.45, 2.75) is 10.3 Å². The molecule has 2 N–H and O–H groups in total. The number of fused-ring (bicyclic) bond motifs is 1. The highest BCUT2D eigenvalue weighted by Crippen LogP contribution is 2.38. The summed E-state index contributed by atoms with van der Waals surface area (Å²) in [6.45, 7) is 0. The Morgan fingerprint density at radius 3 is 2.52 bits per heavy atom. The van der Waals surface area contributed by atoms with Gasteiger partial charge in [-0.2, -0.15) is 0 Å². The van der Waals surface area contributed by atoms with Crippen molar-refractivity contribution in [3.8, 4) is 0 Å². The number of H-pyrrole nitrogens is 2. The largest absolute Gasteiger partial charge is 0.323 e. The minimum Gasteiger partial charge on any atom is -0.306 e. The lowest BCUT2D eigenvalue weighted by Crippen LogP contribution is -1.99. The van der Waals surface area contributed by atoms with Gasteiger partial charge in [-0.25, -0.2) is 4.79 Å². The third-order valence-electron chi connectivity index (χ3n) is 3.32. The van der Waals surface area contributed by atoms with Crippen LogP contribution in [0.2, 0.25) is 0 Å². The van der Waals surface area contributed by atoms with Crippen molar-refractivity contribution >= 4 is 50.3 Å². The Morgan fingerprint density at radius 2 is 1.81 bits per heavy atom. The molecule has 0 saturated heterocycles. The first-order valence-corrected chi connectivity index (χ1v) is 8.74. The normalized spacial score (nSPS) is 12.7. The van der Waals surface area contributed by atoms with E-state index >= 15 is 0 Å². The van der Waals surface area contributed by atoms with E-state index in [1.54, 1.807) is 11.8 Å². The molecule has 21 heavy (non-hydrogen) atoms. The zero-order valence-electron chi connectivity index (χ0n) is 11.1. The van der Waals surface area contributed by atoms with Crippen LogP contribution in [0.3, 0.4) is 0 Å². The number of nitrogens with one attached hydrogen (secondary N) is 2. The van der Waals surface area contributed by atoms with Gasteiger partial charge in [-0.15, -0.1) is 23.4 Å². The molecule has 0 fully saturated rings. The molecule has 1 aromatic heterocycles. The molecule has 1 atom stereocenters. The smallest absolute Gasteiger partial charge is 0.306 e. The van der Waals surface area contributed by atoms with Gasteiger partial charge in [0.2, 0.25) is 0 Å². The third kappa shape index (κ3) is 2.78. The molecule has 0 radical (unpaired) electrons. The summed E-state index contributed by atoms with van der Waals surface area (Å²) in [5, 5.41) is -0.286. The van der Waals surface area contributed by atoms with Crippen molar-refractivity contribution in [3.05, 3.63) is 62.5 Å². The average Bonchev–Trinajstić information content (AvgIpc) is 2.84. The van der Waals surface area contributed by atoms with E-state index in [-0.39, 0.29) is 11.1 Å². The van der Waals surface area contributed by atoms with Gasteiger partial charge in [-0.3, -0.25) is 0 Å². The summed E-state index contributed by atoms with van der Waals surface area (Å²) in [6, 6.07) is 11.8. The van der Waals surface area contributed by atoms with Crippen LogP contribution in [0.25, 0.3) is 11.0 Å². The number of alkyl halides is 1. The quantitative estimate of drug-likeness (QED) is 0.510. The van der Waals surface area contributed by atoms with Crippen LogP contribution in [0, 0.1) is 0 Å². The zero-order chi connectivity index (χ0) is 15.0. The van der Waals surface area contributed by atoms with Crippen LogP contribution < -0.4 is 5.69 Å². The summed E-state index contributed by atoms with van der Waals surface area (Å²) in [7, 11) is 0. The first-order chi connectivity index (χ1) is 10.1. The fourth-order valence-electron chi connectivity index (χ4n) is 2.31. The third-order valence-corrected chi connectivity index (χ3v) is 5.29. The van der Waals surface area contributed by atoms with E-state index in [1.807, 2.05) is 36.6 Å². The van der Waals surface area contributed by atoms with Crippen LogP contribution in [0.1, 0.15) is 16.5 Å². The van der Waals surface area contributed by atoms with Gasteiger partial charge >= 0.3 is 5.69 Å². The van der Waals surface area contributed by atoms with Gasteiger partial charge in [0.25, 0.3) is 0 Å². The second-order valence-electron chi connectivity index (χ2n) is 4.60. The minimum absolute atomic E-state index is 0.218. The van der Waals surface area contributed by atoms with E-state index in [2.05, 4.69) is 32.0 Å². The molecule has 3 rings (SSSR count). The number of imidazole rings is 1. The summed E-state index contributed by atoms with van der Waals surface area (Å²) < 4.78 is 0.876. The molecule has 1 heterocycles. The van der Waals surface area contributed by atoms with E-state index in [0.717, 1.165) is 31.5 Å². The Bertz CT molecular complexity index is 858. The molecular formula is C15H12BrClN2OS. The Balaban J connectivity index is 2.14. The molecule has 0 aliphatic carbocycles. The summed E-state index contributed by atoms with van der Waals surface area (Å²) >= 11 is 11.9. The maximum atomic E-state index is 11.4. The standard InChI is InChI=1S/C15H12BrClN2OS/c1-21-13-5-3-2-4-8(13)14(17)9-6-11-12(7-10(9)16)19-15(20)18-11/h2-7,14H,1H3,(H2,18,19,20). The Labute approximate surface area is 139 Å². The van der Waals surface area contributed by atoms with Gasteiger partial charge in [-0.05, 0) is 35.6 Å². The van der Waals surface area contributed by atoms with E-state index < -0.39 is 0 Å². The zero-order valence-corrected chi connectivity index (χ0v) is 14.3. The molecule has 3 nitrogen and oxygen atoms in total. The van der Waals surface area contributed by atoms with Crippen LogP contribution in [-0.2, 0) is 0 Å². The molecule has 0 amide bonds. The highest BCUT2D eigenvalue weighted by atomic mass is 79.9. The van der Waals surface area contributed by atoms with Gasteiger partial charge in [0, 0.05) is 9.37 Å². The number of aromatic nitrogens is 2. The number of benzene rings is 2. The maximum absolute atomic E-state index is 11.4.